The number of nitrogens with zero attached hydrogens (tertiary/aromatic N) is 1. The third-order valence-electron chi connectivity index (χ3n) is 4.08. The lowest BCUT2D eigenvalue weighted by Gasteiger charge is -2.19. The number of hydrogen-bond donors (Lipinski definition) is 1. The van der Waals surface area contributed by atoms with Crippen molar-refractivity contribution in [2.45, 2.75) is 39.0 Å². The van der Waals surface area contributed by atoms with E-state index in [1.807, 2.05) is 12.1 Å². The largest absolute Gasteiger partial charge is 0.443 e. The Balaban J connectivity index is 1.57. The van der Waals surface area contributed by atoms with Crippen molar-refractivity contribution in [3.05, 3.63) is 60.0 Å². The van der Waals surface area contributed by atoms with Gasteiger partial charge < -0.3 is 9.73 Å². The lowest BCUT2D eigenvalue weighted by atomic mass is 9.86. The van der Waals surface area contributed by atoms with Crippen LogP contribution in [0.4, 0.5) is 5.69 Å². The second-order valence-electron chi connectivity index (χ2n) is 7.03. The van der Waals surface area contributed by atoms with Gasteiger partial charge in [-0.2, -0.15) is 0 Å². The van der Waals surface area contributed by atoms with Crippen LogP contribution in [0, 0.1) is 0 Å². The molecule has 0 radical (unpaired) electrons. The van der Waals surface area contributed by atoms with Crippen molar-refractivity contribution in [3.8, 4) is 0 Å². The Hall–Kier alpha value is -2.62. The summed E-state index contributed by atoms with van der Waals surface area (Å²) < 4.78 is 5.25. The predicted molar refractivity (Wildman–Crippen MR) is 96.1 cm³/mol. The van der Waals surface area contributed by atoms with E-state index in [0.717, 1.165) is 17.6 Å². The fraction of sp³-hybridized carbons (Fsp3) is 0.300. The van der Waals surface area contributed by atoms with E-state index < -0.39 is 0 Å². The number of nitrogens with one attached hydrogen (secondary N) is 1. The lowest BCUT2D eigenvalue weighted by Crippen LogP contribution is -2.13. The quantitative estimate of drug-likeness (QED) is 0.757. The Kier molecular flexibility index (Phi) is 4.38. The van der Waals surface area contributed by atoms with E-state index in [-0.39, 0.29) is 11.3 Å². The van der Waals surface area contributed by atoms with Crippen LogP contribution in [-0.4, -0.2) is 10.9 Å². The molecular weight excluding hydrogens is 300 g/mol. The minimum atomic E-state index is -0.00577. The first-order chi connectivity index (χ1) is 11.4. The maximum absolute atomic E-state index is 12.1. The van der Waals surface area contributed by atoms with E-state index in [4.69, 9.17) is 4.42 Å². The summed E-state index contributed by atoms with van der Waals surface area (Å²) in [4.78, 5) is 16.2. The number of aromatic nitrogens is 1. The summed E-state index contributed by atoms with van der Waals surface area (Å²) in [5.41, 5.74) is 4.81. The molecule has 0 spiro atoms. The first-order valence-electron chi connectivity index (χ1n) is 8.14. The van der Waals surface area contributed by atoms with Crippen LogP contribution < -0.4 is 5.32 Å². The summed E-state index contributed by atoms with van der Waals surface area (Å²) in [5, 5.41) is 2.90. The molecule has 1 N–H and O–H groups in total. The van der Waals surface area contributed by atoms with E-state index >= 15 is 0 Å². The number of amides is 1. The number of carbonyl (C=O) groups is 1. The molecule has 2 aromatic carbocycles. The molecule has 4 heteroatoms. The standard InChI is InChI=1S/C20H22N2O2/c1-20(2,3)15-7-4-14(5-8-15)6-11-19(23)22-16-9-10-17-18(12-16)24-13-21-17/h4-5,7-10,12-13H,6,11H2,1-3H3,(H,22,23). The molecule has 3 rings (SSSR count). The van der Waals surface area contributed by atoms with Crippen molar-refractivity contribution in [2.75, 3.05) is 5.32 Å². The molecule has 0 aliphatic heterocycles. The van der Waals surface area contributed by atoms with Gasteiger partial charge >= 0.3 is 0 Å². The SMILES string of the molecule is CC(C)(C)c1ccc(CCC(=O)Nc2ccc3ncoc3c2)cc1. The zero-order chi connectivity index (χ0) is 17.2. The molecule has 0 fully saturated rings. The monoisotopic (exact) mass is 322 g/mol. The molecular formula is C20H22N2O2. The lowest BCUT2D eigenvalue weighted by molar-refractivity contribution is -0.116. The first kappa shape index (κ1) is 16.2. The van der Waals surface area contributed by atoms with Crippen molar-refractivity contribution >= 4 is 22.7 Å². The average molecular weight is 322 g/mol. The third-order valence-corrected chi connectivity index (χ3v) is 4.08. The van der Waals surface area contributed by atoms with E-state index in [0.29, 0.717) is 12.0 Å². The van der Waals surface area contributed by atoms with Crippen LogP contribution in [-0.2, 0) is 16.6 Å². The van der Waals surface area contributed by atoms with Gasteiger partial charge in [-0.3, -0.25) is 4.79 Å². The molecule has 0 aliphatic rings. The van der Waals surface area contributed by atoms with E-state index in [2.05, 4.69) is 55.3 Å². The van der Waals surface area contributed by atoms with Crippen molar-refractivity contribution in [3.63, 3.8) is 0 Å². The van der Waals surface area contributed by atoms with Gasteiger partial charge in [-0.1, -0.05) is 45.0 Å². The molecule has 3 aromatic rings. The number of carbonyl (C=O) groups excluding carboxylic acids is 1. The fourth-order valence-electron chi connectivity index (χ4n) is 2.59. The highest BCUT2D eigenvalue weighted by Crippen LogP contribution is 2.22. The Morgan fingerprint density at radius 1 is 1.12 bits per heavy atom. The number of oxazole rings is 1. The molecule has 1 heterocycles. The minimum absolute atomic E-state index is 0.00577. The van der Waals surface area contributed by atoms with Crippen LogP contribution in [0.25, 0.3) is 11.1 Å². The average Bonchev–Trinajstić information content (AvgIpc) is 3.00. The maximum atomic E-state index is 12.1. The Labute approximate surface area is 141 Å². The molecule has 24 heavy (non-hydrogen) atoms. The highest BCUT2D eigenvalue weighted by molar-refractivity contribution is 5.92. The summed E-state index contributed by atoms with van der Waals surface area (Å²) in [6.45, 7) is 6.59. The van der Waals surface area contributed by atoms with Crippen LogP contribution in [0.3, 0.4) is 0 Å². The number of anilines is 1. The van der Waals surface area contributed by atoms with E-state index in [1.54, 1.807) is 6.07 Å². The normalized spacial score (nSPS) is 11.6. The summed E-state index contributed by atoms with van der Waals surface area (Å²) in [6.07, 6.45) is 2.57. The molecule has 0 aliphatic carbocycles. The topological polar surface area (TPSA) is 55.1 Å². The van der Waals surface area contributed by atoms with Gasteiger partial charge in [0.15, 0.2) is 12.0 Å². The van der Waals surface area contributed by atoms with Crippen molar-refractivity contribution in [1.29, 1.82) is 0 Å². The van der Waals surface area contributed by atoms with Crippen LogP contribution in [0.5, 0.6) is 0 Å². The van der Waals surface area contributed by atoms with E-state index in [1.165, 1.54) is 17.5 Å². The minimum Gasteiger partial charge on any atom is -0.443 e. The molecule has 1 aromatic heterocycles. The number of rotatable bonds is 4. The van der Waals surface area contributed by atoms with Crippen molar-refractivity contribution in [2.24, 2.45) is 0 Å². The Bertz CT molecular complexity index is 842. The second-order valence-corrected chi connectivity index (χ2v) is 7.03. The van der Waals surface area contributed by atoms with Gasteiger partial charge in [0.25, 0.3) is 0 Å². The smallest absolute Gasteiger partial charge is 0.224 e. The number of hydrogen-bond acceptors (Lipinski definition) is 3. The molecule has 0 saturated carbocycles. The summed E-state index contributed by atoms with van der Waals surface area (Å²) in [6, 6.07) is 14.0. The van der Waals surface area contributed by atoms with Crippen molar-refractivity contribution < 1.29 is 9.21 Å². The number of aryl methyl sites for hydroxylation is 1. The van der Waals surface area contributed by atoms with Crippen LogP contribution in [0.2, 0.25) is 0 Å². The van der Waals surface area contributed by atoms with Gasteiger partial charge in [0, 0.05) is 18.2 Å². The molecule has 0 saturated heterocycles. The highest BCUT2D eigenvalue weighted by atomic mass is 16.3. The molecule has 0 unspecified atom stereocenters. The zero-order valence-corrected chi connectivity index (χ0v) is 14.3. The third kappa shape index (κ3) is 3.82. The summed E-state index contributed by atoms with van der Waals surface area (Å²) in [7, 11) is 0. The zero-order valence-electron chi connectivity index (χ0n) is 14.3. The van der Waals surface area contributed by atoms with Crippen molar-refractivity contribution in [1.82, 2.24) is 4.98 Å². The maximum Gasteiger partial charge on any atom is 0.224 e. The molecule has 4 nitrogen and oxygen atoms in total. The molecule has 0 bridgehead atoms. The van der Waals surface area contributed by atoms with Gasteiger partial charge in [0.05, 0.1) is 0 Å². The van der Waals surface area contributed by atoms with Gasteiger partial charge in [0.1, 0.15) is 5.52 Å². The molecule has 1 amide bonds. The molecule has 0 atom stereocenters. The van der Waals surface area contributed by atoms with E-state index in [9.17, 15) is 4.79 Å². The highest BCUT2D eigenvalue weighted by Gasteiger charge is 2.13. The number of benzene rings is 2. The van der Waals surface area contributed by atoms with Crippen LogP contribution in [0.15, 0.2) is 53.3 Å². The first-order valence-corrected chi connectivity index (χ1v) is 8.14. The predicted octanol–water partition coefficient (Wildman–Crippen LogP) is 4.70. The van der Waals surface area contributed by atoms with Gasteiger partial charge in [0.2, 0.25) is 5.91 Å². The summed E-state index contributed by atoms with van der Waals surface area (Å²) >= 11 is 0. The van der Waals surface area contributed by atoms with Crippen LogP contribution >= 0.6 is 0 Å². The number of fused-ring (bicyclic) bond motifs is 1. The Morgan fingerprint density at radius 3 is 2.58 bits per heavy atom. The fourth-order valence-corrected chi connectivity index (χ4v) is 2.59. The van der Waals surface area contributed by atoms with Gasteiger partial charge in [-0.15, -0.1) is 0 Å². The van der Waals surface area contributed by atoms with Gasteiger partial charge in [-0.25, -0.2) is 4.98 Å². The second kappa shape index (κ2) is 6.48. The Morgan fingerprint density at radius 2 is 1.88 bits per heavy atom. The molecule has 124 valence electrons. The summed E-state index contributed by atoms with van der Waals surface area (Å²) in [5.74, 6) is -0.00577. The van der Waals surface area contributed by atoms with Gasteiger partial charge in [-0.05, 0) is 35.1 Å². The van der Waals surface area contributed by atoms with Crippen LogP contribution in [0.1, 0.15) is 38.3 Å².